The fourth-order valence-electron chi connectivity index (χ4n) is 1.20. The molecule has 1 rings (SSSR count). The first kappa shape index (κ1) is 14.5. The minimum Gasteiger partial charge on any atom is -0.478 e. The van der Waals surface area contributed by atoms with E-state index in [0.717, 1.165) is 12.1 Å². The number of hydrogen-bond donors (Lipinski definition) is 2. The van der Waals surface area contributed by atoms with Gasteiger partial charge in [-0.3, -0.25) is 20.2 Å². The Kier molecular flexibility index (Phi) is 4.24. The molecule has 0 bridgehead atoms. The van der Waals surface area contributed by atoms with Crippen molar-refractivity contribution >= 4 is 17.3 Å². The average molecular weight is 244 g/mol. The molecule has 0 aliphatic heterocycles. The van der Waals surface area contributed by atoms with Crippen molar-refractivity contribution in [3.63, 3.8) is 0 Å². The predicted molar refractivity (Wildman–Crippen MR) is 57.4 cm³/mol. The number of non-ortho nitro benzene ring substituents is 1. The van der Waals surface area contributed by atoms with Gasteiger partial charge < -0.3 is 11.3 Å². The first-order valence-corrected chi connectivity index (χ1v) is 4.01. The van der Waals surface area contributed by atoms with Gasteiger partial charge >= 0.3 is 5.97 Å². The van der Waals surface area contributed by atoms with Crippen molar-refractivity contribution in [1.82, 2.24) is 6.15 Å². The van der Waals surface area contributed by atoms with Gasteiger partial charge in [-0.15, -0.1) is 0 Å². The first-order valence-electron chi connectivity index (χ1n) is 4.01. The Hall–Kier alpha value is -2.55. The number of carbonyl (C=O) groups is 1. The number of nitro groups is 2. The summed E-state index contributed by atoms with van der Waals surface area (Å²) in [6.07, 6.45) is 0. The van der Waals surface area contributed by atoms with Crippen LogP contribution in [0.25, 0.3) is 0 Å². The van der Waals surface area contributed by atoms with Crippen LogP contribution in [0.5, 0.6) is 0 Å². The van der Waals surface area contributed by atoms with Gasteiger partial charge in [0.25, 0.3) is 11.4 Å². The minimum absolute atomic E-state index is 0. The summed E-state index contributed by atoms with van der Waals surface area (Å²) in [5.74, 6) is -1.44. The van der Waals surface area contributed by atoms with E-state index in [1.807, 2.05) is 0 Å². The Bertz CT molecular complexity index is 463. The Morgan fingerprint density at radius 3 is 2.12 bits per heavy atom. The van der Waals surface area contributed by atoms with Gasteiger partial charge in [-0.2, -0.15) is 0 Å². The molecule has 0 fully saturated rings. The lowest BCUT2D eigenvalue weighted by atomic mass is 10.1. The quantitative estimate of drug-likeness (QED) is 0.609. The molecule has 5 N–H and O–H groups in total. The highest BCUT2D eigenvalue weighted by molar-refractivity contribution is 5.91. The molecule has 1 aromatic carbocycles. The van der Waals surface area contributed by atoms with Crippen molar-refractivity contribution in [2.75, 3.05) is 0 Å². The van der Waals surface area contributed by atoms with Crippen LogP contribution in [0.4, 0.5) is 11.4 Å². The fraction of sp³-hybridized carbons (Fsp3) is 0.125. The first-order chi connectivity index (χ1) is 7.34. The topological polar surface area (TPSA) is 160 Å². The normalized spacial score (nSPS) is 9.24. The highest BCUT2D eigenvalue weighted by Crippen LogP contribution is 2.27. The zero-order valence-electron chi connectivity index (χ0n) is 9.04. The number of carboxylic acids is 1. The molecule has 9 heteroatoms. The monoisotopic (exact) mass is 244 g/mol. The molecule has 0 heterocycles. The van der Waals surface area contributed by atoms with Gasteiger partial charge in [0.1, 0.15) is 0 Å². The summed E-state index contributed by atoms with van der Waals surface area (Å²) in [4.78, 5) is 30.0. The molecule has 0 saturated heterocycles. The van der Waals surface area contributed by atoms with Crippen molar-refractivity contribution in [3.8, 4) is 0 Å². The van der Waals surface area contributed by atoms with Crippen molar-refractivity contribution in [2.45, 2.75) is 6.92 Å². The van der Waals surface area contributed by atoms with Crippen LogP contribution in [-0.2, 0) is 0 Å². The fourth-order valence-corrected chi connectivity index (χ4v) is 1.20. The highest BCUT2D eigenvalue weighted by atomic mass is 16.6. The molecule has 92 valence electrons. The van der Waals surface area contributed by atoms with E-state index in [0.29, 0.717) is 0 Å². The predicted octanol–water partition coefficient (Wildman–Crippen LogP) is 1.89. The summed E-state index contributed by atoms with van der Waals surface area (Å²) in [5, 5.41) is 29.7. The van der Waals surface area contributed by atoms with Crippen molar-refractivity contribution in [3.05, 3.63) is 43.5 Å². The second kappa shape index (κ2) is 4.99. The van der Waals surface area contributed by atoms with Crippen molar-refractivity contribution in [2.24, 2.45) is 0 Å². The molecule has 0 aromatic heterocycles. The third-order valence-corrected chi connectivity index (χ3v) is 2.00. The maximum atomic E-state index is 10.7. The van der Waals surface area contributed by atoms with Crippen molar-refractivity contribution < 1.29 is 19.7 Å². The number of hydrogen-bond acceptors (Lipinski definition) is 5. The van der Waals surface area contributed by atoms with Crippen molar-refractivity contribution in [1.29, 1.82) is 0 Å². The Morgan fingerprint density at radius 1 is 1.24 bits per heavy atom. The van der Waals surface area contributed by atoms with E-state index in [4.69, 9.17) is 5.11 Å². The molecule has 0 spiro atoms. The maximum absolute atomic E-state index is 10.7. The zero-order chi connectivity index (χ0) is 12.5. The summed E-state index contributed by atoms with van der Waals surface area (Å²) >= 11 is 0. The number of carboxylic acid groups (broad SMARTS) is 1. The van der Waals surface area contributed by atoms with Crippen LogP contribution >= 0.6 is 0 Å². The number of rotatable bonds is 3. The molecule has 0 aliphatic carbocycles. The van der Waals surface area contributed by atoms with E-state index in [-0.39, 0.29) is 11.7 Å². The smallest absolute Gasteiger partial charge is 0.336 e. The minimum atomic E-state index is -1.44. The SMILES string of the molecule is Cc1c(C(=O)O)cc([N+](=O)[O-])cc1[N+](=O)[O-].[NH4+]. The molecule has 0 saturated carbocycles. The number of nitrogens with zero attached hydrogens (tertiary/aromatic N) is 2. The van der Waals surface area contributed by atoms with E-state index < -0.39 is 32.8 Å². The molecule has 0 radical (unpaired) electrons. The van der Waals surface area contributed by atoms with Gasteiger partial charge in [-0.05, 0) is 6.92 Å². The summed E-state index contributed by atoms with van der Waals surface area (Å²) < 4.78 is 0. The molecule has 0 atom stereocenters. The molecule has 0 aliphatic rings. The van der Waals surface area contributed by atoms with Crippen LogP contribution in [0.15, 0.2) is 12.1 Å². The largest absolute Gasteiger partial charge is 0.478 e. The second-order valence-electron chi connectivity index (χ2n) is 2.96. The molecule has 9 nitrogen and oxygen atoms in total. The van der Waals surface area contributed by atoms with E-state index in [1.165, 1.54) is 6.92 Å². The molecule has 0 unspecified atom stereocenters. The number of aromatic carboxylic acids is 1. The molecule has 0 amide bonds. The Labute approximate surface area is 94.6 Å². The summed E-state index contributed by atoms with van der Waals surface area (Å²) in [7, 11) is 0. The average Bonchev–Trinajstić information content (AvgIpc) is 2.16. The summed E-state index contributed by atoms with van der Waals surface area (Å²) in [6, 6.07) is 1.53. The number of quaternary nitrogens is 1. The zero-order valence-corrected chi connectivity index (χ0v) is 9.04. The molecular weight excluding hydrogens is 234 g/mol. The summed E-state index contributed by atoms with van der Waals surface area (Å²) in [5.41, 5.74) is -1.75. The van der Waals surface area contributed by atoms with Crippen LogP contribution in [0.3, 0.4) is 0 Å². The molecular formula is C8H10N3O6+. The lowest BCUT2D eigenvalue weighted by molar-refractivity contribution is -0.394. The lowest BCUT2D eigenvalue weighted by Gasteiger charge is -2.01. The van der Waals surface area contributed by atoms with Gasteiger partial charge in [0.15, 0.2) is 0 Å². The third-order valence-electron chi connectivity index (χ3n) is 2.00. The van der Waals surface area contributed by atoms with Crippen LogP contribution in [0.1, 0.15) is 15.9 Å². The highest BCUT2D eigenvalue weighted by Gasteiger charge is 2.24. The number of nitro benzene ring substituents is 2. The van der Waals surface area contributed by atoms with Gasteiger partial charge in [0.2, 0.25) is 0 Å². The standard InChI is InChI=1S/C8H6N2O6.H3N/c1-4-6(8(11)12)2-5(9(13)14)3-7(4)10(15)16;/h2-3H,1H3,(H,11,12);1H3/p+1. The van der Waals surface area contributed by atoms with E-state index in [1.54, 1.807) is 0 Å². The lowest BCUT2D eigenvalue weighted by Crippen LogP contribution is -2.04. The number of benzene rings is 1. The Morgan fingerprint density at radius 2 is 1.76 bits per heavy atom. The van der Waals surface area contributed by atoms with Gasteiger partial charge in [0.05, 0.1) is 21.5 Å². The second-order valence-corrected chi connectivity index (χ2v) is 2.96. The summed E-state index contributed by atoms with van der Waals surface area (Å²) in [6.45, 7) is 1.23. The maximum Gasteiger partial charge on any atom is 0.336 e. The van der Waals surface area contributed by atoms with Crippen LogP contribution in [0.2, 0.25) is 0 Å². The van der Waals surface area contributed by atoms with Gasteiger partial charge in [-0.25, -0.2) is 4.79 Å². The van der Waals surface area contributed by atoms with E-state index in [9.17, 15) is 25.0 Å². The van der Waals surface area contributed by atoms with Crippen LogP contribution in [0, 0.1) is 27.2 Å². The van der Waals surface area contributed by atoms with Crippen LogP contribution in [-0.4, -0.2) is 20.9 Å². The van der Waals surface area contributed by atoms with Gasteiger partial charge in [-0.1, -0.05) is 0 Å². The molecule has 17 heavy (non-hydrogen) atoms. The van der Waals surface area contributed by atoms with E-state index in [2.05, 4.69) is 0 Å². The third kappa shape index (κ3) is 2.72. The molecule has 1 aromatic rings. The van der Waals surface area contributed by atoms with Gasteiger partial charge in [0, 0.05) is 11.6 Å². The van der Waals surface area contributed by atoms with Crippen LogP contribution < -0.4 is 6.15 Å². The van der Waals surface area contributed by atoms with E-state index >= 15 is 0 Å². The Balaban J connectivity index is 0.00000256.